The number of amides is 1. The summed E-state index contributed by atoms with van der Waals surface area (Å²) in [7, 11) is 0. The predicted molar refractivity (Wildman–Crippen MR) is 104 cm³/mol. The lowest BCUT2D eigenvalue weighted by molar-refractivity contribution is -0.384. The molecule has 0 unspecified atom stereocenters. The molecule has 0 atom stereocenters. The molecule has 0 fully saturated rings. The Bertz CT molecular complexity index is 1150. The van der Waals surface area contributed by atoms with Crippen LogP contribution in [-0.2, 0) is 4.74 Å². The average molecular weight is 433 g/mol. The second-order valence-corrected chi connectivity index (χ2v) is 6.73. The highest BCUT2D eigenvalue weighted by molar-refractivity contribution is 7.14. The van der Waals surface area contributed by atoms with Crippen LogP contribution in [0.25, 0.3) is 11.3 Å². The third-order valence-electron chi connectivity index (χ3n) is 3.84. The van der Waals surface area contributed by atoms with Gasteiger partial charge in [0, 0.05) is 28.6 Å². The van der Waals surface area contributed by atoms with Gasteiger partial charge in [-0.2, -0.15) is 0 Å². The molecule has 0 radical (unpaired) electrons. The molecule has 3 aromatic rings. The van der Waals surface area contributed by atoms with E-state index in [1.54, 1.807) is 6.92 Å². The van der Waals surface area contributed by atoms with Gasteiger partial charge >= 0.3 is 5.97 Å². The SMILES string of the molecule is CCOC(=O)c1cc(C(=O)Nc2nc(-c3ccc(F)c(F)c3)cs2)cc([N+](=O)[O-])c1. The van der Waals surface area contributed by atoms with E-state index in [-0.39, 0.29) is 22.9 Å². The topological polar surface area (TPSA) is 111 Å². The van der Waals surface area contributed by atoms with Crippen LogP contribution in [0.3, 0.4) is 0 Å². The minimum Gasteiger partial charge on any atom is -0.462 e. The lowest BCUT2D eigenvalue weighted by atomic mass is 10.1. The standard InChI is InChI=1S/C19H13F2N3O5S/c1-2-29-18(26)12-5-11(6-13(7-12)24(27)28)17(25)23-19-22-16(9-30-19)10-3-4-14(20)15(21)8-10/h3-9H,2H2,1H3,(H,22,23,25). The minimum atomic E-state index is -1.03. The first kappa shape index (κ1) is 21.0. The molecule has 30 heavy (non-hydrogen) atoms. The number of hydrogen-bond acceptors (Lipinski definition) is 7. The summed E-state index contributed by atoms with van der Waals surface area (Å²) in [6.45, 7) is 1.64. The quantitative estimate of drug-likeness (QED) is 0.350. The van der Waals surface area contributed by atoms with Crippen LogP contribution >= 0.6 is 11.3 Å². The number of nitrogens with zero attached hydrogens (tertiary/aromatic N) is 2. The fourth-order valence-electron chi connectivity index (χ4n) is 2.47. The van der Waals surface area contributed by atoms with E-state index in [1.165, 1.54) is 17.5 Å². The number of thiazole rings is 1. The summed E-state index contributed by atoms with van der Waals surface area (Å²) in [5.74, 6) is -3.57. The van der Waals surface area contributed by atoms with E-state index >= 15 is 0 Å². The van der Waals surface area contributed by atoms with Crippen molar-refractivity contribution in [3.8, 4) is 11.3 Å². The zero-order chi connectivity index (χ0) is 21.8. The molecule has 1 amide bonds. The molecule has 0 saturated carbocycles. The molecular formula is C19H13F2N3O5S. The number of hydrogen-bond donors (Lipinski definition) is 1. The van der Waals surface area contributed by atoms with Crippen LogP contribution in [0.2, 0.25) is 0 Å². The zero-order valence-electron chi connectivity index (χ0n) is 15.3. The third-order valence-corrected chi connectivity index (χ3v) is 4.60. The molecule has 0 aliphatic heterocycles. The molecule has 1 aromatic heterocycles. The molecular weight excluding hydrogens is 420 g/mol. The van der Waals surface area contributed by atoms with Gasteiger partial charge in [0.1, 0.15) is 0 Å². The maximum Gasteiger partial charge on any atom is 0.338 e. The minimum absolute atomic E-state index is 0.0644. The van der Waals surface area contributed by atoms with E-state index in [2.05, 4.69) is 10.3 Å². The second-order valence-electron chi connectivity index (χ2n) is 5.87. The Balaban J connectivity index is 1.85. The normalized spacial score (nSPS) is 10.5. The first-order valence-corrected chi connectivity index (χ1v) is 9.35. The maximum absolute atomic E-state index is 13.4. The first-order chi connectivity index (χ1) is 14.3. The van der Waals surface area contributed by atoms with Crippen molar-refractivity contribution in [3.05, 3.63) is 74.7 Å². The Hall–Kier alpha value is -3.73. The number of anilines is 1. The Labute approximate surface area is 172 Å². The molecule has 0 aliphatic rings. The number of nitrogens with one attached hydrogen (secondary N) is 1. The van der Waals surface area contributed by atoms with Crippen LogP contribution in [0.1, 0.15) is 27.6 Å². The van der Waals surface area contributed by atoms with Crippen LogP contribution < -0.4 is 5.32 Å². The van der Waals surface area contributed by atoms with Crippen molar-refractivity contribution in [2.24, 2.45) is 0 Å². The van der Waals surface area contributed by atoms with E-state index in [4.69, 9.17) is 4.74 Å². The summed E-state index contributed by atoms with van der Waals surface area (Å²) in [6, 6.07) is 6.47. The molecule has 8 nitrogen and oxygen atoms in total. The number of benzene rings is 2. The third kappa shape index (κ3) is 4.63. The van der Waals surface area contributed by atoms with Gasteiger partial charge in [-0.1, -0.05) is 0 Å². The number of ether oxygens (including phenoxy) is 1. The molecule has 154 valence electrons. The second kappa shape index (κ2) is 8.74. The number of nitro benzene ring substituents is 1. The lowest BCUT2D eigenvalue weighted by Crippen LogP contribution is -2.14. The van der Waals surface area contributed by atoms with Crippen LogP contribution in [0.4, 0.5) is 19.6 Å². The molecule has 0 bridgehead atoms. The Morgan fingerprint density at radius 2 is 1.90 bits per heavy atom. The van der Waals surface area contributed by atoms with Gasteiger partial charge < -0.3 is 4.74 Å². The van der Waals surface area contributed by atoms with Crippen LogP contribution in [-0.4, -0.2) is 28.4 Å². The molecule has 3 rings (SSSR count). The number of rotatable bonds is 6. The highest BCUT2D eigenvalue weighted by Crippen LogP contribution is 2.27. The number of aromatic nitrogens is 1. The van der Waals surface area contributed by atoms with Gasteiger partial charge in [-0.25, -0.2) is 18.6 Å². The van der Waals surface area contributed by atoms with Crippen molar-refractivity contribution >= 4 is 34.0 Å². The van der Waals surface area contributed by atoms with Crippen molar-refractivity contribution in [3.63, 3.8) is 0 Å². The number of carbonyl (C=O) groups is 2. The summed E-state index contributed by atoms with van der Waals surface area (Å²) in [5, 5.41) is 15.3. The first-order valence-electron chi connectivity index (χ1n) is 8.47. The van der Waals surface area contributed by atoms with Gasteiger partial charge in [0.05, 0.1) is 22.8 Å². The van der Waals surface area contributed by atoms with Crippen molar-refractivity contribution in [1.82, 2.24) is 4.98 Å². The molecule has 1 heterocycles. The van der Waals surface area contributed by atoms with Gasteiger partial charge in [0.2, 0.25) is 0 Å². The van der Waals surface area contributed by atoms with Crippen molar-refractivity contribution in [1.29, 1.82) is 0 Å². The summed E-state index contributed by atoms with van der Waals surface area (Å²) in [6.07, 6.45) is 0. The molecule has 11 heteroatoms. The molecule has 0 aliphatic carbocycles. The van der Waals surface area contributed by atoms with Gasteiger partial charge in [-0.05, 0) is 31.2 Å². The van der Waals surface area contributed by atoms with Crippen LogP contribution in [0.5, 0.6) is 0 Å². The summed E-state index contributed by atoms with van der Waals surface area (Å²) >= 11 is 1.02. The zero-order valence-corrected chi connectivity index (χ0v) is 16.2. The predicted octanol–water partition coefficient (Wildman–Crippen LogP) is 4.43. The number of nitro groups is 1. The highest BCUT2D eigenvalue weighted by Gasteiger charge is 2.19. The van der Waals surface area contributed by atoms with E-state index < -0.39 is 34.1 Å². The number of non-ortho nitro benzene ring substituents is 1. The van der Waals surface area contributed by atoms with Gasteiger partial charge in [-0.15, -0.1) is 11.3 Å². The van der Waals surface area contributed by atoms with E-state index in [9.17, 15) is 28.5 Å². The Kier molecular flexibility index (Phi) is 6.11. The van der Waals surface area contributed by atoms with Crippen LogP contribution in [0, 0.1) is 21.7 Å². The van der Waals surface area contributed by atoms with Gasteiger partial charge in [-0.3, -0.25) is 20.2 Å². The van der Waals surface area contributed by atoms with Crippen molar-refractivity contribution in [2.75, 3.05) is 11.9 Å². The molecule has 0 spiro atoms. The summed E-state index contributed by atoms with van der Waals surface area (Å²) < 4.78 is 31.3. The van der Waals surface area contributed by atoms with Crippen molar-refractivity contribution < 1.29 is 28.0 Å². The molecule has 1 N–H and O–H groups in total. The molecule has 0 saturated heterocycles. The van der Waals surface area contributed by atoms with Crippen LogP contribution in [0.15, 0.2) is 41.8 Å². The summed E-state index contributed by atoms with van der Waals surface area (Å²) in [5.41, 5.74) is -0.118. The number of carbonyl (C=O) groups excluding carboxylic acids is 2. The average Bonchev–Trinajstić information content (AvgIpc) is 3.18. The Morgan fingerprint density at radius 1 is 1.17 bits per heavy atom. The van der Waals surface area contributed by atoms with E-state index in [0.29, 0.717) is 11.3 Å². The molecule has 2 aromatic carbocycles. The van der Waals surface area contributed by atoms with E-state index in [1.807, 2.05) is 0 Å². The Morgan fingerprint density at radius 3 is 2.57 bits per heavy atom. The maximum atomic E-state index is 13.4. The monoisotopic (exact) mass is 433 g/mol. The fourth-order valence-corrected chi connectivity index (χ4v) is 3.18. The van der Waals surface area contributed by atoms with Crippen molar-refractivity contribution in [2.45, 2.75) is 6.92 Å². The smallest absolute Gasteiger partial charge is 0.338 e. The largest absolute Gasteiger partial charge is 0.462 e. The van der Waals surface area contributed by atoms with Gasteiger partial charge in [0.25, 0.3) is 11.6 Å². The van der Waals surface area contributed by atoms with Gasteiger partial charge in [0.15, 0.2) is 16.8 Å². The summed E-state index contributed by atoms with van der Waals surface area (Å²) in [4.78, 5) is 39.0. The highest BCUT2D eigenvalue weighted by atomic mass is 32.1. The number of esters is 1. The van der Waals surface area contributed by atoms with E-state index in [0.717, 1.165) is 35.6 Å². The fraction of sp³-hybridized carbons (Fsp3) is 0.105. The lowest BCUT2D eigenvalue weighted by Gasteiger charge is -2.06. The number of halogens is 2.